The van der Waals surface area contributed by atoms with Crippen molar-refractivity contribution in [3.8, 4) is 0 Å². The SMILES string of the molecule is CCNC(=O)CN(C)C(CN)c1ccc(Br)cc1. The molecule has 0 aliphatic rings. The monoisotopic (exact) mass is 313 g/mol. The molecule has 1 atom stereocenters. The third kappa shape index (κ3) is 4.40. The van der Waals surface area contributed by atoms with Crippen molar-refractivity contribution in [1.29, 1.82) is 0 Å². The first-order chi connectivity index (χ1) is 8.58. The molecule has 0 aliphatic heterocycles. The second kappa shape index (κ2) is 7.51. The first kappa shape index (κ1) is 15.1. The summed E-state index contributed by atoms with van der Waals surface area (Å²) < 4.78 is 1.04. The lowest BCUT2D eigenvalue weighted by atomic mass is 10.1. The minimum atomic E-state index is 0.0237. The number of benzene rings is 1. The summed E-state index contributed by atoms with van der Waals surface area (Å²) in [5, 5.41) is 2.79. The molecule has 1 unspecified atom stereocenters. The molecule has 0 heterocycles. The second-order valence-corrected chi connectivity index (χ2v) is 5.09. The van der Waals surface area contributed by atoms with Crippen molar-refractivity contribution >= 4 is 21.8 Å². The number of nitrogens with two attached hydrogens (primary N) is 1. The van der Waals surface area contributed by atoms with Crippen molar-refractivity contribution in [1.82, 2.24) is 10.2 Å². The molecule has 0 bridgehead atoms. The summed E-state index contributed by atoms with van der Waals surface area (Å²) in [5.74, 6) is 0.0237. The maximum atomic E-state index is 11.6. The molecule has 0 aliphatic carbocycles. The number of nitrogens with one attached hydrogen (secondary N) is 1. The summed E-state index contributed by atoms with van der Waals surface area (Å²) >= 11 is 3.41. The van der Waals surface area contributed by atoms with Crippen LogP contribution >= 0.6 is 15.9 Å². The summed E-state index contributed by atoms with van der Waals surface area (Å²) in [7, 11) is 1.91. The van der Waals surface area contributed by atoms with Crippen LogP contribution in [0.5, 0.6) is 0 Å². The fourth-order valence-electron chi connectivity index (χ4n) is 1.85. The van der Waals surface area contributed by atoms with E-state index in [1.165, 1.54) is 0 Å². The zero-order chi connectivity index (χ0) is 13.5. The Morgan fingerprint density at radius 2 is 2.06 bits per heavy atom. The van der Waals surface area contributed by atoms with Crippen LogP contribution in [0.3, 0.4) is 0 Å². The molecule has 1 aromatic rings. The summed E-state index contributed by atoms with van der Waals surface area (Å²) in [6, 6.07) is 8.07. The Morgan fingerprint density at radius 3 is 2.56 bits per heavy atom. The van der Waals surface area contributed by atoms with Crippen molar-refractivity contribution in [2.45, 2.75) is 13.0 Å². The van der Waals surface area contributed by atoms with E-state index in [1.54, 1.807) is 0 Å². The van der Waals surface area contributed by atoms with Gasteiger partial charge in [-0.2, -0.15) is 0 Å². The van der Waals surface area contributed by atoms with Crippen molar-refractivity contribution in [2.75, 3.05) is 26.7 Å². The van der Waals surface area contributed by atoms with Crippen molar-refractivity contribution < 1.29 is 4.79 Å². The number of carbonyl (C=O) groups excluding carboxylic acids is 1. The van der Waals surface area contributed by atoms with Gasteiger partial charge in [-0.25, -0.2) is 0 Å². The molecule has 18 heavy (non-hydrogen) atoms. The van der Waals surface area contributed by atoms with Gasteiger partial charge in [0.15, 0.2) is 0 Å². The van der Waals surface area contributed by atoms with Gasteiger partial charge in [0.1, 0.15) is 0 Å². The molecule has 0 saturated heterocycles. The number of rotatable bonds is 6. The Labute approximate surface area is 117 Å². The van der Waals surface area contributed by atoms with Gasteiger partial charge >= 0.3 is 0 Å². The van der Waals surface area contributed by atoms with E-state index in [-0.39, 0.29) is 11.9 Å². The molecule has 100 valence electrons. The standard InChI is InChI=1S/C13H20BrN3O/c1-3-16-13(18)9-17(2)12(8-15)10-4-6-11(14)7-5-10/h4-7,12H,3,8-9,15H2,1-2H3,(H,16,18). The van der Waals surface area contributed by atoms with Gasteiger partial charge < -0.3 is 11.1 Å². The Morgan fingerprint density at radius 1 is 1.44 bits per heavy atom. The Balaban J connectivity index is 2.70. The van der Waals surface area contributed by atoms with Crippen LogP contribution in [0.1, 0.15) is 18.5 Å². The normalized spacial score (nSPS) is 12.5. The minimum absolute atomic E-state index is 0.0237. The number of nitrogens with zero attached hydrogens (tertiary/aromatic N) is 1. The number of halogens is 1. The maximum absolute atomic E-state index is 11.6. The third-order valence-electron chi connectivity index (χ3n) is 2.78. The number of hydrogen-bond donors (Lipinski definition) is 2. The van der Waals surface area contributed by atoms with Gasteiger partial charge in [0.05, 0.1) is 6.54 Å². The second-order valence-electron chi connectivity index (χ2n) is 4.17. The summed E-state index contributed by atoms with van der Waals surface area (Å²) in [4.78, 5) is 13.5. The quantitative estimate of drug-likeness (QED) is 0.837. The first-order valence-corrected chi connectivity index (χ1v) is 6.80. The molecule has 0 aromatic heterocycles. The molecule has 3 N–H and O–H groups in total. The topological polar surface area (TPSA) is 58.4 Å². The highest BCUT2D eigenvalue weighted by atomic mass is 79.9. The predicted octanol–water partition coefficient (Wildman–Crippen LogP) is 1.52. The number of hydrogen-bond acceptors (Lipinski definition) is 3. The lowest BCUT2D eigenvalue weighted by molar-refractivity contribution is -0.122. The lowest BCUT2D eigenvalue weighted by Crippen LogP contribution is -2.39. The molecule has 1 amide bonds. The molecular formula is C13H20BrN3O. The van der Waals surface area contributed by atoms with Gasteiger partial charge in [-0.15, -0.1) is 0 Å². The van der Waals surface area contributed by atoms with Crippen LogP contribution < -0.4 is 11.1 Å². The van der Waals surface area contributed by atoms with Crippen LogP contribution in [0.15, 0.2) is 28.7 Å². The largest absolute Gasteiger partial charge is 0.355 e. The van der Waals surface area contributed by atoms with Gasteiger partial charge in [0.2, 0.25) is 5.91 Å². The highest BCUT2D eigenvalue weighted by Crippen LogP contribution is 2.20. The van der Waals surface area contributed by atoms with Gasteiger partial charge in [-0.05, 0) is 31.7 Å². The fourth-order valence-corrected chi connectivity index (χ4v) is 2.11. The van der Waals surface area contributed by atoms with Gasteiger partial charge in [0, 0.05) is 23.6 Å². The molecule has 0 saturated carbocycles. The third-order valence-corrected chi connectivity index (χ3v) is 3.31. The van der Waals surface area contributed by atoms with Crippen LogP contribution in [-0.2, 0) is 4.79 Å². The molecule has 0 spiro atoms. The van der Waals surface area contributed by atoms with Crippen LogP contribution in [0.25, 0.3) is 0 Å². The molecule has 4 nitrogen and oxygen atoms in total. The smallest absolute Gasteiger partial charge is 0.234 e. The molecule has 1 rings (SSSR count). The van der Waals surface area contributed by atoms with Gasteiger partial charge in [-0.3, -0.25) is 9.69 Å². The minimum Gasteiger partial charge on any atom is -0.355 e. The van der Waals surface area contributed by atoms with Crippen LogP contribution in [0, 0.1) is 0 Å². The van der Waals surface area contributed by atoms with E-state index in [2.05, 4.69) is 21.2 Å². The Kier molecular flexibility index (Phi) is 6.32. The fraction of sp³-hybridized carbons (Fsp3) is 0.462. The molecule has 1 aromatic carbocycles. The molecule has 0 fully saturated rings. The van der Waals surface area contributed by atoms with Crippen molar-refractivity contribution in [3.63, 3.8) is 0 Å². The zero-order valence-electron chi connectivity index (χ0n) is 10.8. The van der Waals surface area contributed by atoms with E-state index in [0.717, 1.165) is 10.0 Å². The zero-order valence-corrected chi connectivity index (χ0v) is 12.4. The lowest BCUT2D eigenvalue weighted by Gasteiger charge is -2.26. The Bertz CT molecular complexity index is 380. The van der Waals surface area contributed by atoms with Crippen LogP contribution in [0.4, 0.5) is 0 Å². The average Bonchev–Trinajstić information content (AvgIpc) is 2.32. The number of likely N-dealkylation sites (N-methyl/N-ethyl adjacent to an activating group) is 2. The van der Waals surface area contributed by atoms with Gasteiger partial charge in [-0.1, -0.05) is 28.1 Å². The van der Waals surface area contributed by atoms with E-state index in [0.29, 0.717) is 19.6 Å². The van der Waals surface area contributed by atoms with Crippen molar-refractivity contribution in [3.05, 3.63) is 34.3 Å². The van der Waals surface area contributed by atoms with Crippen molar-refractivity contribution in [2.24, 2.45) is 5.73 Å². The van der Waals surface area contributed by atoms with Gasteiger partial charge in [0.25, 0.3) is 0 Å². The molecular weight excluding hydrogens is 294 g/mol. The summed E-state index contributed by atoms with van der Waals surface area (Å²) in [5.41, 5.74) is 6.93. The first-order valence-electron chi connectivity index (χ1n) is 6.01. The van der Waals surface area contributed by atoms with E-state index in [9.17, 15) is 4.79 Å². The van der Waals surface area contributed by atoms with Crippen LogP contribution in [0.2, 0.25) is 0 Å². The van der Waals surface area contributed by atoms with Crippen LogP contribution in [-0.4, -0.2) is 37.5 Å². The summed E-state index contributed by atoms with van der Waals surface area (Å²) in [6.07, 6.45) is 0. The molecule has 5 heteroatoms. The average molecular weight is 314 g/mol. The summed E-state index contributed by atoms with van der Waals surface area (Å²) in [6.45, 7) is 3.40. The van der Waals surface area contributed by atoms with E-state index < -0.39 is 0 Å². The Hall–Kier alpha value is -0.910. The number of carbonyl (C=O) groups is 1. The highest BCUT2D eigenvalue weighted by molar-refractivity contribution is 9.10. The number of amides is 1. The van der Waals surface area contributed by atoms with E-state index in [4.69, 9.17) is 5.73 Å². The van der Waals surface area contributed by atoms with E-state index >= 15 is 0 Å². The molecule has 0 radical (unpaired) electrons. The van der Waals surface area contributed by atoms with E-state index in [1.807, 2.05) is 43.1 Å². The highest BCUT2D eigenvalue weighted by Gasteiger charge is 2.17. The predicted molar refractivity (Wildman–Crippen MR) is 77.3 cm³/mol. The maximum Gasteiger partial charge on any atom is 0.234 e.